The van der Waals surface area contributed by atoms with Gasteiger partial charge < -0.3 is 33.8 Å². The van der Waals surface area contributed by atoms with Gasteiger partial charge in [0.25, 0.3) is 0 Å². The van der Waals surface area contributed by atoms with Crippen molar-refractivity contribution >= 4 is 39.5 Å². The third kappa shape index (κ3) is 72.1. The van der Waals surface area contributed by atoms with E-state index in [0.29, 0.717) is 32.1 Å². The highest BCUT2D eigenvalue weighted by Crippen LogP contribution is 2.45. The maximum atomic E-state index is 13.1. The summed E-state index contributed by atoms with van der Waals surface area (Å²) < 4.78 is 68.5. The van der Waals surface area contributed by atoms with Crippen LogP contribution in [0.3, 0.4) is 0 Å². The van der Waals surface area contributed by atoms with Crippen LogP contribution >= 0.6 is 15.6 Å². The fourth-order valence-electron chi connectivity index (χ4n) is 10.2. The molecule has 0 saturated heterocycles. The Labute approximate surface area is 607 Å². The lowest BCUT2D eigenvalue weighted by Gasteiger charge is -2.21. The number of rotatable bonds is 73. The van der Waals surface area contributed by atoms with Crippen molar-refractivity contribution in [1.82, 2.24) is 0 Å². The number of hydrogen-bond acceptors (Lipinski definition) is 15. The maximum absolute atomic E-state index is 13.1. The second kappa shape index (κ2) is 73.0. The third-order valence-electron chi connectivity index (χ3n) is 16.2. The molecular formula is C81H140O17P2. The number of ether oxygens (including phenoxy) is 4. The summed E-state index contributed by atoms with van der Waals surface area (Å²) in [6.07, 6.45) is 77.9. The molecule has 5 unspecified atom stereocenters. The summed E-state index contributed by atoms with van der Waals surface area (Å²) in [6.45, 7) is 4.61. The summed E-state index contributed by atoms with van der Waals surface area (Å²) in [5, 5.41) is 10.6. The van der Waals surface area contributed by atoms with Crippen LogP contribution in [0.15, 0.2) is 109 Å². The number of hydrogen-bond donors (Lipinski definition) is 3. The van der Waals surface area contributed by atoms with Crippen LogP contribution in [-0.4, -0.2) is 96.7 Å². The first-order valence-corrected chi connectivity index (χ1v) is 42.1. The monoisotopic (exact) mass is 1450 g/mol. The van der Waals surface area contributed by atoms with Crippen molar-refractivity contribution in [2.45, 2.75) is 341 Å². The van der Waals surface area contributed by atoms with E-state index in [2.05, 4.69) is 125 Å². The molecule has 5 atom stereocenters. The number of aliphatic hydroxyl groups is 1. The van der Waals surface area contributed by atoms with E-state index in [1.165, 1.54) is 77.0 Å². The van der Waals surface area contributed by atoms with Crippen molar-refractivity contribution in [3.8, 4) is 0 Å². The fourth-order valence-corrected chi connectivity index (χ4v) is 11.8. The van der Waals surface area contributed by atoms with Crippen LogP contribution < -0.4 is 0 Å². The summed E-state index contributed by atoms with van der Waals surface area (Å²) in [5.41, 5.74) is 0. The topological polar surface area (TPSA) is 237 Å². The Bertz CT molecular complexity index is 2320. The molecule has 0 aromatic heterocycles. The highest BCUT2D eigenvalue weighted by Gasteiger charge is 2.30. The van der Waals surface area contributed by atoms with Gasteiger partial charge in [-0.05, 0) is 141 Å². The average molecular weight is 1450 g/mol. The molecule has 0 fully saturated rings. The average Bonchev–Trinajstić information content (AvgIpc) is 0.965. The zero-order valence-electron chi connectivity index (χ0n) is 62.8. The second-order valence-corrected chi connectivity index (χ2v) is 28.8. The molecule has 0 saturated carbocycles. The summed E-state index contributed by atoms with van der Waals surface area (Å²) in [7, 11) is -9.97. The van der Waals surface area contributed by atoms with Crippen molar-refractivity contribution in [1.29, 1.82) is 0 Å². The molecule has 0 aliphatic carbocycles. The Morgan fingerprint density at radius 2 is 0.550 bits per heavy atom. The molecule has 0 radical (unpaired) electrons. The van der Waals surface area contributed by atoms with E-state index in [1.807, 2.05) is 12.2 Å². The molecular weight excluding hydrogens is 1310 g/mol. The Balaban J connectivity index is 5.41. The molecule has 19 heteroatoms. The molecule has 100 heavy (non-hydrogen) atoms. The number of carbonyl (C=O) groups is 4. The minimum atomic E-state index is -4.99. The molecule has 3 N–H and O–H groups in total. The van der Waals surface area contributed by atoms with Gasteiger partial charge in [-0.15, -0.1) is 0 Å². The van der Waals surface area contributed by atoms with Crippen LogP contribution in [0.4, 0.5) is 0 Å². The van der Waals surface area contributed by atoms with Crippen LogP contribution in [0.5, 0.6) is 0 Å². The van der Waals surface area contributed by atoms with Gasteiger partial charge in [0.2, 0.25) is 0 Å². The molecule has 0 rings (SSSR count). The molecule has 0 heterocycles. The number of phosphoric ester groups is 2. The van der Waals surface area contributed by atoms with Gasteiger partial charge in [-0.1, -0.05) is 265 Å². The first kappa shape index (κ1) is 95.7. The molecule has 0 bridgehead atoms. The number of phosphoric acid groups is 2. The Morgan fingerprint density at radius 3 is 0.890 bits per heavy atom. The standard InChI is InChI=1S/C81H140O17P2/c1-5-9-13-17-21-25-29-33-36-37-40-43-46-50-54-58-62-66-79(84)92-71-76(97-80(85)67-63-59-55-51-47-41-32-28-24-20-16-12-8-4)73-95-99(87,88)93-69-75(82)70-94-100(89,90)96-74-77(98-81(86)68-64-60-56-52-48-44-39-35-31-27-23-19-15-11-7-3)72-91-78(83)65-61-57-53-49-45-42-38-34-30-26-22-18-14-10-6-2/h9,13,16,20-21,25,28,32-36,38-40,43,50,54,75-77,82H,5-8,10-12,14-15,17-19,22-24,26-27,29-31,37,41-42,44-49,51-53,55-74H2,1-4H3,(H,87,88)(H,89,90)/b13-9-,20-16-,25-21-,32-28-,36-33-,38-34-,39-35-,43-40-,54-50-. The normalized spacial score (nSPS) is 14.5. The van der Waals surface area contributed by atoms with Crippen LogP contribution in [0.2, 0.25) is 0 Å². The molecule has 0 aromatic carbocycles. The first-order valence-electron chi connectivity index (χ1n) is 39.1. The molecule has 0 spiro atoms. The summed E-state index contributed by atoms with van der Waals surface area (Å²) >= 11 is 0. The molecule has 0 aliphatic heterocycles. The van der Waals surface area contributed by atoms with Crippen LogP contribution in [0.25, 0.3) is 0 Å². The zero-order valence-corrected chi connectivity index (χ0v) is 64.6. The lowest BCUT2D eigenvalue weighted by molar-refractivity contribution is -0.161. The molecule has 576 valence electrons. The highest BCUT2D eigenvalue weighted by molar-refractivity contribution is 7.47. The number of esters is 4. The number of allylic oxidation sites excluding steroid dienone is 18. The van der Waals surface area contributed by atoms with Crippen molar-refractivity contribution in [3.05, 3.63) is 109 Å². The van der Waals surface area contributed by atoms with Crippen LogP contribution in [-0.2, 0) is 65.4 Å². The molecule has 0 aliphatic rings. The Kier molecular flexibility index (Phi) is 69.9. The van der Waals surface area contributed by atoms with Crippen LogP contribution in [0.1, 0.15) is 323 Å². The van der Waals surface area contributed by atoms with Crippen molar-refractivity contribution < 1.29 is 80.2 Å². The quantitative estimate of drug-likeness (QED) is 0.0169. The van der Waals surface area contributed by atoms with E-state index < -0.39 is 97.5 Å². The van der Waals surface area contributed by atoms with Crippen LogP contribution in [0, 0.1) is 0 Å². The molecule has 17 nitrogen and oxygen atoms in total. The van der Waals surface area contributed by atoms with E-state index in [4.69, 9.17) is 37.0 Å². The molecule has 0 aromatic rings. The summed E-state index contributed by atoms with van der Waals surface area (Å²) in [5.74, 6) is -2.27. The second-order valence-electron chi connectivity index (χ2n) is 25.9. The minimum Gasteiger partial charge on any atom is -0.462 e. The van der Waals surface area contributed by atoms with Gasteiger partial charge in [-0.3, -0.25) is 37.3 Å². The van der Waals surface area contributed by atoms with Crippen molar-refractivity contribution in [3.63, 3.8) is 0 Å². The highest BCUT2D eigenvalue weighted by atomic mass is 31.2. The van der Waals surface area contributed by atoms with Gasteiger partial charge in [-0.2, -0.15) is 0 Å². The fraction of sp³-hybridized carbons (Fsp3) is 0.728. The summed E-state index contributed by atoms with van der Waals surface area (Å²) in [4.78, 5) is 72.9. The predicted octanol–water partition coefficient (Wildman–Crippen LogP) is 22.6. The van der Waals surface area contributed by atoms with Crippen molar-refractivity contribution in [2.75, 3.05) is 39.6 Å². The van der Waals surface area contributed by atoms with E-state index in [1.54, 1.807) is 0 Å². The van der Waals surface area contributed by atoms with Gasteiger partial charge >= 0.3 is 39.5 Å². The van der Waals surface area contributed by atoms with E-state index in [-0.39, 0.29) is 25.7 Å². The lowest BCUT2D eigenvalue weighted by Crippen LogP contribution is -2.30. The predicted molar refractivity (Wildman–Crippen MR) is 408 cm³/mol. The first-order chi connectivity index (χ1) is 48.7. The maximum Gasteiger partial charge on any atom is 0.472 e. The van der Waals surface area contributed by atoms with Crippen molar-refractivity contribution in [2.24, 2.45) is 0 Å². The Hall–Kier alpha value is -4.28. The Morgan fingerprint density at radius 1 is 0.290 bits per heavy atom. The van der Waals surface area contributed by atoms with E-state index >= 15 is 0 Å². The van der Waals surface area contributed by atoms with Gasteiger partial charge in [-0.25, -0.2) is 9.13 Å². The SMILES string of the molecule is CC/C=C\C/C=C\C/C=C\C/C=C\C/C=C\CCCC(=O)OCC(COP(=O)(O)OCC(O)COP(=O)(O)OCC(COC(=O)CCCCCCC/C=C\CCCCCCCC)OC(=O)CCCCCCC/C=C\CCCCCCCC)OC(=O)CCCCCCC/C=C\C/C=C\CCC. The van der Waals surface area contributed by atoms with Gasteiger partial charge in [0.1, 0.15) is 19.3 Å². The van der Waals surface area contributed by atoms with E-state index in [0.717, 1.165) is 161 Å². The number of carbonyl (C=O) groups excluding carboxylic acids is 4. The zero-order chi connectivity index (χ0) is 73.2. The lowest BCUT2D eigenvalue weighted by atomic mass is 10.1. The third-order valence-corrected chi connectivity index (χ3v) is 18.1. The minimum absolute atomic E-state index is 0.0648. The van der Waals surface area contributed by atoms with Gasteiger partial charge in [0.15, 0.2) is 12.2 Å². The smallest absolute Gasteiger partial charge is 0.462 e. The summed E-state index contributed by atoms with van der Waals surface area (Å²) in [6, 6.07) is 0. The van der Waals surface area contributed by atoms with Gasteiger partial charge in [0.05, 0.1) is 26.4 Å². The number of unbranched alkanes of at least 4 members (excludes halogenated alkanes) is 29. The van der Waals surface area contributed by atoms with E-state index in [9.17, 15) is 43.2 Å². The molecule has 0 amide bonds. The largest absolute Gasteiger partial charge is 0.472 e. The number of aliphatic hydroxyl groups excluding tert-OH is 1. The van der Waals surface area contributed by atoms with Gasteiger partial charge in [0, 0.05) is 25.7 Å².